The maximum Gasteiger partial charge on any atom is 0.337 e. The molecule has 1 aromatic rings. The Morgan fingerprint density at radius 2 is 2.04 bits per heavy atom. The van der Waals surface area contributed by atoms with E-state index in [1.807, 2.05) is 29.2 Å². The average Bonchev–Trinajstić information content (AvgIpc) is 2.97. The smallest absolute Gasteiger partial charge is 0.337 e. The molecule has 2 atom stereocenters. The number of hydrogen-bond donors (Lipinski definition) is 1. The molecular formula is C21H29NO4. The van der Waals surface area contributed by atoms with Crippen LogP contribution in [0.1, 0.15) is 49.0 Å². The minimum absolute atomic E-state index is 0.0543. The van der Waals surface area contributed by atoms with Gasteiger partial charge < -0.3 is 14.7 Å². The number of rotatable bonds is 8. The second-order valence-corrected chi connectivity index (χ2v) is 7.21. The van der Waals surface area contributed by atoms with Gasteiger partial charge in [0.2, 0.25) is 5.91 Å². The molecule has 0 bridgehead atoms. The molecule has 1 N–H and O–H groups in total. The summed E-state index contributed by atoms with van der Waals surface area (Å²) in [4.78, 5) is 25.5. The van der Waals surface area contributed by atoms with Crippen LogP contribution in [0.25, 0.3) is 0 Å². The molecule has 0 unspecified atom stereocenters. The Kier molecular flexibility index (Phi) is 7.39. The van der Waals surface area contributed by atoms with E-state index in [0.29, 0.717) is 24.4 Å². The van der Waals surface area contributed by atoms with Gasteiger partial charge in [-0.05, 0) is 42.9 Å². The number of nitrogens with zero attached hydrogens (tertiary/aromatic N) is 1. The zero-order chi connectivity index (χ0) is 19.1. The Morgan fingerprint density at radius 3 is 2.65 bits per heavy atom. The summed E-state index contributed by atoms with van der Waals surface area (Å²) in [5.41, 5.74) is 1.59. The van der Waals surface area contributed by atoms with Crippen LogP contribution in [0, 0.1) is 5.92 Å². The van der Waals surface area contributed by atoms with E-state index in [1.54, 1.807) is 12.1 Å². The van der Waals surface area contributed by atoms with Gasteiger partial charge in [0.15, 0.2) is 0 Å². The maximum atomic E-state index is 12.2. The Bertz CT molecular complexity index is 636. The fourth-order valence-electron chi connectivity index (χ4n) is 3.24. The van der Waals surface area contributed by atoms with Crippen molar-refractivity contribution in [1.82, 2.24) is 4.90 Å². The molecule has 0 spiro atoms. The molecule has 1 amide bonds. The summed E-state index contributed by atoms with van der Waals surface area (Å²) in [7, 11) is 1.36. The Labute approximate surface area is 155 Å². The topological polar surface area (TPSA) is 66.8 Å². The molecule has 0 radical (unpaired) electrons. The van der Waals surface area contributed by atoms with Crippen molar-refractivity contribution in [3.63, 3.8) is 0 Å². The van der Waals surface area contributed by atoms with Crippen LogP contribution in [-0.2, 0) is 16.0 Å². The van der Waals surface area contributed by atoms with Crippen LogP contribution in [0.3, 0.4) is 0 Å². The summed E-state index contributed by atoms with van der Waals surface area (Å²) < 4.78 is 4.70. The van der Waals surface area contributed by atoms with Gasteiger partial charge in [0, 0.05) is 13.0 Å². The number of amides is 1. The van der Waals surface area contributed by atoms with Gasteiger partial charge >= 0.3 is 5.97 Å². The Balaban J connectivity index is 1.92. The Morgan fingerprint density at radius 1 is 1.35 bits per heavy atom. The number of ether oxygens (including phenoxy) is 1. The molecule has 1 saturated heterocycles. The average molecular weight is 359 g/mol. The summed E-state index contributed by atoms with van der Waals surface area (Å²) >= 11 is 0. The maximum absolute atomic E-state index is 12.2. The molecule has 0 saturated carbocycles. The molecule has 0 aliphatic carbocycles. The number of carbonyl (C=O) groups is 2. The summed E-state index contributed by atoms with van der Waals surface area (Å²) in [6, 6.07) is 7.33. The molecule has 1 heterocycles. The van der Waals surface area contributed by atoms with Crippen molar-refractivity contribution >= 4 is 11.9 Å². The monoisotopic (exact) mass is 359 g/mol. The summed E-state index contributed by atoms with van der Waals surface area (Å²) in [5.74, 6) is 0.240. The molecule has 142 valence electrons. The van der Waals surface area contributed by atoms with Crippen molar-refractivity contribution < 1.29 is 19.4 Å². The van der Waals surface area contributed by atoms with E-state index in [2.05, 4.69) is 13.8 Å². The SMILES string of the molecule is COC(=O)c1ccc(CCN2C(=O)CC[C@@H]2C=C[C@@H](O)CC(C)C)cc1. The van der Waals surface area contributed by atoms with E-state index < -0.39 is 6.10 Å². The van der Waals surface area contributed by atoms with Crippen molar-refractivity contribution in [2.75, 3.05) is 13.7 Å². The first-order chi connectivity index (χ1) is 12.4. The van der Waals surface area contributed by atoms with E-state index in [1.165, 1.54) is 7.11 Å². The second kappa shape index (κ2) is 9.53. The number of benzene rings is 1. The minimum atomic E-state index is -0.460. The number of aliphatic hydroxyl groups excluding tert-OH is 1. The van der Waals surface area contributed by atoms with Crippen molar-refractivity contribution in [2.45, 2.75) is 51.7 Å². The molecule has 1 aliphatic heterocycles. The highest BCUT2D eigenvalue weighted by atomic mass is 16.5. The highest BCUT2D eigenvalue weighted by Gasteiger charge is 2.28. The fraction of sp³-hybridized carbons (Fsp3) is 0.524. The van der Waals surface area contributed by atoms with Gasteiger partial charge in [0.1, 0.15) is 0 Å². The number of hydrogen-bond acceptors (Lipinski definition) is 4. The molecular weight excluding hydrogens is 330 g/mol. The molecule has 0 aromatic heterocycles. The number of aliphatic hydroxyl groups is 1. The minimum Gasteiger partial charge on any atom is -0.465 e. The fourth-order valence-corrected chi connectivity index (χ4v) is 3.24. The highest BCUT2D eigenvalue weighted by Crippen LogP contribution is 2.21. The molecule has 5 heteroatoms. The zero-order valence-corrected chi connectivity index (χ0v) is 15.9. The number of methoxy groups -OCH3 is 1. The van der Waals surface area contributed by atoms with Crippen LogP contribution >= 0.6 is 0 Å². The van der Waals surface area contributed by atoms with E-state index in [-0.39, 0.29) is 17.9 Å². The van der Waals surface area contributed by atoms with Crippen LogP contribution in [-0.4, -0.2) is 47.7 Å². The van der Waals surface area contributed by atoms with Crippen LogP contribution in [0.15, 0.2) is 36.4 Å². The quantitative estimate of drug-likeness (QED) is 0.572. The molecule has 2 rings (SSSR count). The normalized spacial score (nSPS) is 18.7. The number of likely N-dealkylation sites (tertiary alicyclic amines) is 1. The number of carbonyl (C=O) groups excluding carboxylic acids is 2. The number of esters is 1. The third-order valence-corrected chi connectivity index (χ3v) is 4.66. The van der Waals surface area contributed by atoms with Crippen LogP contribution < -0.4 is 0 Å². The highest BCUT2D eigenvalue weighted by molar-refractivity contribution is 5.89. The summed E-state index contributed by atoms with van der Waals surface area (Å²) in [5, 5.41) is 10.0. The first kappa shape index (κ1) is 20.2. The standard InChI is InChI=1S/C21H29NO4/c1-15(2)14-19(23)10-8-18-9-11-20(24)22(18)13-12-16-4-6-17(7-5-16)21(25)26-3/h4-8,10,15,18-19,23H,9,11-14H2,1-3H3/t18-,19+/m0/s1. The van der Waals surface area contributed by atoms with Gasteiger partial charge in [0.25, 0.3) is 0 Å². The lowest BCUT2D eigenvalue weighted by Crippen LogP contribution is -2.33. The van der Waals surface area contributed by atoms with Crippen LogP contribution in [0.2, 0.25) is 0 Å². The van der Waals surface area contributed by atoms with Crippen LogP contribution in [0.5, 0.6) is 0 Å². The molecule has 1 fully saturated rings. The lowest BCUT2D eigenvalue weighted by Gasteiger charge is -2.23. The third-order valence-electron chi connectivity index (χ3n) is 4.66. The molecule has 5 nitrogen and oxygen atoms in total. The first-order valence-corrected chi connectivity index (χ1v) is 9.23. The lowest BCUT2D eigenvalue weighted by atomic mass is 10.0. The van der Waals surface area contributed by atoms with Gasteiger partial charge in [-0.2, -0.15) is 0 Å². The van der Waals surface area contributed by atoms with Gasteiger partial charge in [0.05, 0.1) is 24.8 Å². The van der Waals surface area contributed by atoms with Gasteiger partial charge in [-0.15, -0.1) is 0 Å². The lowest BCUT2D eigenvalue weighted by molar-refractivity contribution is -0.128. The largest absolute Gasteiger partial charge is 0.465 e. The molecule has 26 heavy (non-hydrogen) atoms. The van der Waals surface area contributed by atoms with Crippen LogP contribution in [0.4, 0.5) is 0 Å². The zero-order valence-electron chi connectivity index (χ0n) is 15.9. The summed E-state index contributed by atoms with van der Waals surface area (Å²) in [6.45, 7) is 4.79. The molecule has 1 aromatic carbocycles. The third kappa shape index (κ3) is 5.70. The predicted octanol–water partition coefficient (Wildman–Crippen LogP) is 2.97. The van der Waals surface area contributed by atoms with E-state index in [0.717, 1.165) is 24.8 Å². The van der Waals surface area contributed by atoms with Crippen molar-refractivity contribution in [3.05, 3.63) is 47.5 Å². The van der Waals surface area contributed by atoms with E-state index >= 15 is 0 Å². The van der Waals surface area contributed by atoms with Crippen molar-refractivity contribution in [2.24, 2.45) is 5.92 Å². The summed E-state index contributed by atoms with van der Waals surface area (Å²) in [6.07, 6.45) is 6.13. The van der Waals surface area contributed by atoms with E-state index in [4.69, 9.17) is 4.74 Å². The van der Waals surface area contributed by atoms with E-state index in [9.17, 15) is 14.7 Å². The van der Waals surface area contributed by atoms with Crippen molar-refractivity contribution in [3.8, 4) is 0 Å². The van der Waals surface area contributed by atoms with Crippen molar-refractivity contribution in [1.29, 1.82) is 0 Å². The predicted molar refractivity (Wildman–Crippen MR) is 101 cm³/mol. The Hall–Kier alpha value is -2.14. The second-order valence-electron chi connectivity index (χ2n) is 7.21. The molecule has 1 aliphatic rings. The first-order valence-electron chi connectivity index (χ1n) is 9.23. The van der Waals surface area contributed by atoms with Gasteiger partial charge in [-0.1, -0.05) is 38.1 Å². The van der Waals surface area contributed by atoms with Gasteiger partial charge in [-0.25, -0.2) is 4.79 Å². The van der Waals surface area contributed by atoms with Gasteiger partial charge in [-0.3, -0.25) is 4.79 Å².